The van der Waals surface area contributed by atoms with Crippen LogP contribution < -0.4 is 5.32 Å². The first-order chi connectivity index (χ1) is 8.63. The maximum Gasteiger partial charge on any atom is 0.226 e. The summed E-state index contributed by atoms with van der Waals surface area (Å²) in [6.45, 7) is 1.89. The topological polar surface area (TPSA) is 66.7 Å². The molecule has 1 aliphatic heterocycles. The molecule has 1 aromatic rings. The van der Waals surface area contributed by atoms with Gasteiger partial charge in [-0.3, -0.25) is 4.79 Å². The number of rotatable bonds is 6. The molecule has 1 amide bonds. The molecule has 0 spiro atoms. The summed E-state index contributed by atoms with van der Waals surface area (Å²) >= 11 is 1.42. The summed E-state index contributed by atoms with van der Waals surface area (Å²) < 4.78 is 0. The van der Waals surface area contributed by atoms with E-state index < -0.39 is 0 Å². The molecule has 0 aliphatic carbocycles. The zero-order valence-electron chi connectivity index (χ0n) is 10.1. The molecule has 0 saturated carbocycles. The molecule has 0 aromatic carbocycles. The second kappa shape index (κ2) is 5.27. The summed E-state index contributed by atoms with van der Waals surface area (Å²) in [6.07, 6.45) is 7.57. The van der Waals surface area contributed by atoms with Crippen molar-refractivity contribution in [2.24, 2.45) is 10.2 Å². The summed E-state index contributed by atoms with van der Waals surface area (Å²) in [6, 6.07) is 0. The first kappa shape index (κ1) is 12.7. The molecule has 0 bridgehead atoms. The Balaban J connectivity index is 1.74. The summed E-state index contributed by atoms with van der Waals surface area (Å²) in [5.41, 5.74) is 0.524. The van der Waals surface area contributed by atoms with Gasteiger partial charge in [-0.15, -0.1) is 23.7 Å². The van der Waals surface area contributed by atoms with Gasteiger partial charge >= 0.3 is 0 Å². The lowest BCUT2D eigenvalue weighted by Crippen LogP contribution is -2.17. The third-order valence-corrected chi connectivity index (χ3v) is 3.55. The van der Waals surface area contributed by atoms with Gasteiger partial charge in [0.15, 0.2) is 10.8 Å². The van der Waals surface area contributed by atoms with Crippen LogP contribution in [0.15, 0.2) is 15.6 Å². The molecule has 2 rings (SSSR count). The van der Waals surface area contributed by atoms with Crippen LogP contribution in [-0.4, -0.2) is 16.6 Å². The number of anilines is 1. The maximum absolute atomic E-state index is 11.7. The average Bonchev–Trinajstić information content (AvgIpc) is 3.01. The number of carbonyl (C=O) groups excluding carboxylic acids is 1. The van der Waals surface area contributed by atoms with Crippen LogP contribution in [0.1, 0.15) is 31.4 Å². The monoisotopic (exact) mass is 262 g/mol. The summed E-state index contributed by atoms with van der Waals surface area (Å²) in [4.78, 5) is 15.9. The molecule has 0 radical (unpaired) electrons. The highest BCUT2D eigenvalue weighted by molar-refractivity contribution is 7.13. The first-order valence-electron chi connectivity index (χ1n) is 5.73. The van der Waals surface area contributed by atoms with E-state index in [1.807, 2.05) is 12.3 Å². The van der Waals surface area contributed by atoms with Crippen LogP contribution in [0.2, 0.25) is 0 Å². The number of aromatic nitrogens is 1. The zero-order valence-corrected chi connectivity index (χ0v) is 11.0. The summed E-state index contributed by atoms with van der Waals surface area (Å²) in [7, 11) is 0. The van der Waals surface area contributed by atoms with Crippen molar-refractivity contribution in [3.8, 4) is 12.3 Å². The Morgan fingerprint density at radius 1 is 1.56 bits per heavy atom. The number of hydrogen-bond acceptors (Lipinski definition) is 5. The van der Waals surface area contributed by atoms with Crippen molar-refractivity contribution in [1.29, 1.82) is 0 Å². The lowest BCUT2D eigenvalue weighted by atomic mass is 10.0. The van der Waals surface area contributed by atoms with Crippen molar-refractivity contribution >= 4 is 22.4 Å². The Morgan fingerprint density at radius 3 is 2.89 bits per heavy atom. The van der Waals surface area contributed by atoms with Crippen molar-refractivity contribution in [1.82, 2.24) is 4.98 Å². The molecule has 0 fully saturated rings. The Bertz CT molecular complexity index is 508. The van der Waals surface area contributed by atoms with Crippen LogP contribution in [0.25, 0.3) is 0 Å². The minimum absolute atomic E-state index is 0.0540. The fraction of sp³-hybridized carbons (Fsp3) is 0.500. The fourth-order valence-electron chi connectivity index (χ4n) is 1.57. The van der Waals surface area contributed by atoms with E-state index in [1.54, 1.807) is 0 Å². The molecule has 2 heterocycles. The van der Waals surface area contributed by atoms with Gasteiger partial charge in [0.1, 0.15) is 0 Å². The van der Waals surface area contributed by atoms with E-state index in [0.29, 0.717) is 24.4 Å². The van der Waals surface area contributed by atoms with Crippen LogP contribution in [0, 0.1) is 19.3 Å². The van der Waals surface area contributed by atoms with Gasteiger partial charge in [0.25, 0.3) is 0 Å². The molecule has 1 aromatic heterocycles. The number of amides is 1. The van der Waals surface area contributed by atoms with E-state index >= 15 is 0 Å². The number of hydrogen-bond donors (Lipinski definition) is 1. The van der Waals surface area contributed by atoms with Gasteiger partial charge < -0.3 is 5.32 Å². The standard InChI is InChI=1S/C12H14N4OS/c1-3-4-6-12(15-16-12)7-5-10(17)14-11-13-9(2)8-18-11/h1,8H,4-7H2,2H3,(H,13,14,17). The van der Waals surface area contributed by atoms with E-state index in [2.05, 4.69) is 26.4 Å². The second-order valence-corrected chi connectivity index (χ2v) is 5.09. The fourth-order valence-corrected chi connectivity index (χ4v) is 2.28. The number of aryl methyl sites for hydroxylation is 1. The minimum Gasteiger partial charge on any atom is -0.302 e. The van der Waals surface area contributed by atoms with Gasteiger partial charge in [0.2, 0.25) is 5.91 Å². The molecule has 0 atom stereocenters. The second-order valence-electron chi connectivity index (χ2n) is 4.23. The predicted molar refractivity (Wildman–Crippen MR) is 70.4 cm³/mol. The SMILES string of the molecule is C#CCCC1(CCC(=O)Nc2nc(C)cs2)N=N1. The van der Waals surface area contributed by atoms with E-state index in [1.165, 1.54) is 11.3 Å². The van der Waals surface area contributed by atoms with E-state index in [0.717, 1.165) is 12.1 Å². The maximum atomic E-state index is 11.7. The lowest BCUT2D eigenvalue weighted by Gasteiger charge is -2.07. The van der Waals surface area contributed by atoms with Crippen LogP contribution in [0.3, 0.4) is 0 Å². The highest BCUT2D eigenvalue weighted by Crippen LogP contribution is 2.37. The predicted octanol–water partition coefficient (Wildman–Crippen LogP) is 2.75. The molecule has 0 saturated heterocycles. The van der Waals surface area contributed by atoms with Gasteiger partial charge in [-0.05, 0) is 6.92 Å². The molecule has 1 aliphatic rings. The Labute approximate surface area is 110 Å². The number of thiazole rings is 1. The lowest BCUT2D eigenvalue weighted by molar-refractivity contribution is -0.116. The van der Waals surface area contributed by atoms with Crippen LogP contribution >= 0.6 is 11.3 Å². The summed E-state index contributed by atoms with van der Waals surface area (Å²) in [5.74, 6) is 2.51. The third kappa shape index (κ3) is 3.37. The third-order valence-electron chi connectivity index (χ3n) is 2.67. The molecule has 0 unspecified atom stereocenters. The number of nitrogens with zero attached hydrogens (tertiary/aromatic N) is 3. The van der Waals surface area contributed by atoms with Gasteiger partial charge in [-0.2, -0.15) is 10.2 Å². The quantitative estimate of drug-likeness (QED) is 0.801. The smallest absolute Gasteiger partial charge is 0.226 e. The Hall–Kier alpha value is -1.74. The first-order valence-corrected chi connectivity index (χ1v) is 6.61. The molecule has 5 nitrogen and oxygen atoms in total. The number of nitrogens with one attached hydrogen (secondary N) is 1. The van der Waals surface area contributed by atoms with E-state index in [4.69, 9.17) is 6.42 Å². The zero-order chi connectivity index (χ0) is 13.0. The largest absolute Gasteiger partial charge is 0.302 e. The summed E-state index contributed by atoms with van der Waals surface area (Å²) in [5, 5.41) is 13.3. The average molecular weight is 262 g/mol. The molecular formula is C12H14N4OS. The van der Waals surface area contributed by atoms with Crippen LogP contribution in [0.5, 0.6) is 0 Å². The van der Waals surface area contributed by atoms with E-state index in [-0.39, 0.29) is 11.6 Å². The Kier molecular flexibility index (Phi) is 3.72. The van der Waals surface area contributed by atoms with Gasteiger partial charge in [-0.25, -0.2) is 4.98 Å². The van der Waals surface area contributed by atoms with Crippen molar-refractivity contribution < 1.29 is 4.79 Å². The van der Waals surface area contributed by atoms with E-state index in [9.17, 15) is 4.79 Å². The van der Waals surface area contributed by atoms with Gasteiger partial charge in [0, 0.05) is 31.1 Å². The van der Waals surface area contributed by atoms with Crippen molar-refractivity contribution in [2.45, 2.75) is 38.3 Å². The van der Waals surface area contributed by atoms with Gasteiger partial charge in [0.05, 0.1) is 5.69 Å². The normalized spacial score (nSPS) is 15.1. The minimum atomic E-state index is -0.386. The van der Waals surface area contributed by atoms with Crippen molar-refractivity contribution in [3.05, 3.63) is 11.1 Å². The molecule has 1 N–H and O–H groups in total. The Morgan fingerprint density at radius 2 is 2.33 bits per heavy atom. The molecule has 18 heavy (non-hydrogen) atoms. The molecular weight excluding hydrogens is 248 g/mol. The van der Waals surface area contributed by atoms with Crippen molar-refractivity contribution in [3.63, 3.8) is 0 Å². The highest BCUT2D eigenvalue weighted by atomic mass is 32.1. The van der Waals surface area contributed by atoms with Crippen LogP contribution in [-0.2, 0) is 4.79 Å². The number of terminal acetylenes is 1. The molecule has 6 heteroatoms. The van der Waals surface area contributed by atoms with Crippen LogP contribution in [0.4, 0.5) is 5.13 Å². The molecule has 94 valence electrons. The van der Waals surface area contributed by atoms with Crippen molar-refractivity contribution in [2.75, 3.05) is 5.32 Å². The van der Waals surface area contributed by atoms with Gasteiger partial charge in [-0.1, -0.05) is 0 Å². The highest BCUT2D eigenvalue weighted by Gasteiger charge is 2.39. The number of carbonyl (C=O) groups is 1.